The molecule has 2 aromatic rings. The van der Waals surface area contributed by atoms with Crippen LogP contribution in [0.2, 0.25) is 0 Å². The third-order valence-corrected chi connectivity index (χ3v) is 2.95. The fourth-order valence-electron chi connectivity index (χ4n) is 1.80. The number of halogens is 1. The Bertz CT molecular complexity index is 629. The molecule has 2 rings (SSSR count). The number of hydrogen-bond donors (Lipinski definition) is 3. The van der Waals surface area contributed by atoms with E-state index in [1.807, 2.05) is 19.1 Å². The lowest BCUT2D eigenvalue weighted by Crippen LogP contribution is -2.36. The highest BCUT2D eigenvalue weighted by Gasteiger charge is 2.08. The van der Waals surface area contributed by atoms with Gasteiger partial charge in [0.15, 0.2) is 0 Å². The third-order valence-electron chi connectivity index (χ3n) is 2.95. The maximum absolute atomic E-state index is 13.4. The first kappa shape index (κ1) is 15.5. The summed E-state index contributed by atoms with van der Waals surface area (Å²) in [4.78, 5) is 23.4. The van der Waals surface area contributed by atoms with E-state index >= 15 is 0 Å². The van der Waals surface area contributed by atoms with Crippen molar-refractivity contribution in [3.05, 3.63) is 59.9 Å². The summed E-state index contributed by atoms with van der Waals surface area (Å²) < 4.78 is 13.4. The maximum atomic E-state index is 13.4. The molecule has 2 aromatic carbocycles. The van der Waals surface area contributed by atoms with Crippen LogP contribution in [0.15, 0.2) is 48.5 Å². The van der Waals surface area contributed by atoms with Crippen molar-refractivity contribution in [3.63, 3.8) is 0 Å². The number of carbonyl (C=O) groups excluding carboxylic acids is 2. The van der Waals surface area contributed by atoms with E-state index in [0.717, 1.165) is 5.56 Å². The van der Waals surface area contributed by atoms with Crippen LogP contribution in [-0.4, -0.2) is 18.5 Å². The van der Waals surface area contributed by atoms with Gasteiger partial charge in [0.05, 0.1) is 12.2 Å². The van der Waals surface area contributed by atoms with Crippen molar-refractivity contribution in [2.24, 2.45) is 0 Å². The van der Waals surface area contributed by atoms with E-state index in [0.29, 0.717) is 5.69 Å². The van der Waals surface area contributed by atoms with E-state index in [2.05, 4.69) is 16.0 Å². The van der Waals surface area contributed by atoms with E-state index in [9.17, 15) is 14.0 Å². The molecule has 0 aliphatic rings. The molecule has 5 nitrogen and oxygen atoms in total. The van der Waals surface area contributed by atoms with Crippen molar-refractivity contribution in [1.82, 2.24) is 5.32 Å². The van der Waals surface area contributed by atoms with Gasteiger partial charge in [-0.1, -0.05) is 30.3 Å². The van der Waals surface area contributed by atoms with Crippen molar-refractivity contribution in [1.29, 1.82) is 0 Å². The van der Waals surface area contributed by atoms with Gasteiger partial charge in [-0.05, 0) is 30.7 Å². The van der Waals surface area contributed by atoms with Crippen molar-refractivity contribution in [3.8, 4) is 0 Å². The summed E-state index contributed by atoms with van der Waals surface area (Å²) in [7, 11) is 0. The number of benzene rings is 2. The zero-order chi connectivity index (χ0) is 15.9. The first-order chi connectivity index (χ1) is 10.6. The highest BCUT2D eigenvalue weighted by atomic mass is 19.1. The van der Waals surface area contributed by atoms with Gasteiger partial charge in [-0.3, -0.25) is 4.79 Å². The third kappa shape index (κ3) is 4.31. The lowest BCUT2D eigenvalue weighted by atomic mass is 10.2. The van der Waals surface area contributed by atoms with Gasteiger partial charge >= 0.3 is 6.03 Å². The average Bonchev–Trinajstić information content (AvgIpc) is 2.50. The summed E-state index contributed by atoms with van der Waals surface area (Å²) in [6, 6.07) is 12.6. The largest absolute Gasteiger partial charge is 0.329 e. The van der Waals surface area contributed by atoms with Crippen LogP contribution < -0.4 is 16.0 Å². The van der Waals surface area contributed by atoms with Crippen LogP contribution in [-0.2, 0) is 4.79 Å². The Kier molecular flexibility index (Phi) is 5.08. The Morgan fingerprint density at radius 3 is 2.27 bits per heavy atom. The number of anilines is 2. The molecule has 0 saturated heterocycles. The molecular weight excluding hydrogens is 285 g/mol. The molecule has 0 atom stereocenters. The number of aryl methyl sites for hydroxylation is 1. The summed E-state index contributed by atoms with van der Waals surface area (Å²) in [5.41, 5.74) is 1.65. The lowest BCUT2D eigenvalue weighted by molar-refractivity contribution is -0.115. The Balaban J connectivity index is 1.82. The van der Waals surface area contributed by atoms with Gasteiger partial charge in [-0.25, -0.2) is 9.18 Å². The number of nitrogens with one attached hydrogen (secondary N) is 3. The molecule has 0 heterocycles. The minimum Gasteiger partial charge on any atom is -0.329 e. The number of amides is 3. The summed E-state index contributed by atoms with van der Waals surface area (Å²) in [6.45, 7) is 1.60. The van der Waals surface area contributed by atoms with Crippen LogP contribution in [0.3, 0.4) is 0 Å². The molecule has 0 saturated carbocycles. The van der Waals surface area contributed by atoms with E-state index in [1.54, 1.807) is 18.2 Å². The zero-order valence-electron chi connectivity index (χ0n) is 12.0. The summed E-state index contributed by atoms with van der Waals surface area (Å²) >= 11 is 0. The lowest BCUT2D eigenvalue weighted by Gasteiger charge is -2.10. The Morgan fingerprint density at radius 1 is 0.955 bits per heavy atom. The molecular formula is C16H16FN3O2. The van der Waals surface area contributed by atoms with Gasteiger partial charge in [-0.15, -0.1) is 0 Å². The molecule has 0 aromatic heterocycles. The van der Waals surface area contributed by atoms with Gasteiger partial charge in [0.1, 0.15) is 5.82 Å². The number of para-hydroxylation sites is 2. The monoisotopic (exact) mass is 301 g/mol. The predicted molar refractivity (Wildman–Crippen MR) is 83.2 cm³/mol. The molecule has 3 amide bonds. The van der Waals surface area contributed by atoms with Gasteiger partial charge in [0.2, 0.25) is 5.91 Å². The first-order valence-electron chi connectivity index (χ1n) is 6.71. The van der Waals surface area contributed by atoms with E-state index < -0.39 is 17.8 Å². The van der Waals surface area contributed by atoms with Crippen LogP contribution in [0.1, 0.15) is 5.56 Å². The molecule has 3 N–H and O–H groups in total. The maximum Gasteiger partial charge on any atom is 0.319 e. The molecule has 0 aliphatic heterocycles. The normalized spacial score (nSPS) is 9.91. The van der Waals surface area contributed by atoms with Crippen molar-refractivity contribution in [2.75, 3.05) is 17.2 Å². The fraction of sp³-hybridized carbons (Fsp3) is 0.125. The topological polar surface area (TPSA) is 70.2 Å². The highest BCUT2D eigenvalue weighted by molar-refractivity contribution is 5.97. The summed E-state index contributed by atoms with van der Waals surface area (Å²) in [5.74, 6) is -1.04. The van der Waals surface area contributed by atoms with Crippen LogP contribution in [0.5, 0.6) is 0 Å². The second-order valence-corrected chi connectivity index (χ2v) is 4.65. The molecule has 22 heavy (non-hydrogen) atoms. The second kappa shape index (κ2) is 7.21. The SMILES string of the molecule is Cc1ccccc1NC(=O)NCC(=O)Nc1ccccc1F. The van der Waals surface area contributed by atoms with Gasteiger partial charge < -0.3 is 16.0 Å². The smallest absolute Gasteiger partial charge is 0.319 e. The van der Waals surface area contributed by atoms with E-state index in [4.69, 9.17) is 0 Å². The fourth-order valence-corrected chi connectivity index (χ4v) is 1.80. The van der Waals surface area contributed by atoms with Crippen LogP contribution in [0.4, 0.5) is 20.6 Å². The molecule has 6 heteroatoms. The Hall–Kier alpha value is -2.89. The van der Waals surface area contributed by atoms with Crippen LogP contribution >= 0.6 is 0 Å². The molecule has 114 valence electrons. The molecule has 0 unspecified atom stereocenters. The first-order valence-corrected chi connectivity index (χ1v) is 6.71. The number of urea groups is 1. The van der Waals surface area contributed by atoms with Crippen molar-refractivity contribution in [2.45, 2.75) is 6.92 Å². The minimum atomic E-state index is -0.528. The van der Waals surface area contributed by atoms with E-state index in [1.165, 1.54) is 18.2 Å². The number of carbonyl (C=O) groups is 2. The molecule has 0 radical (unpaired) electrons. The standard InChI is InChI=1S/C16H16FN3O2/c1-11-6-2-4-8-13(11)20-16(22)18-10-15(21)19-14-9-5-3-7-12(14)17/h2-9H,10H2,1H3,(H,19,21)(H2,18,20,22). The molecule has 0 spiro atoms. The van der Waals surface area contributed by atoms with Crippen molar-refractivity contribution >= 4 is 23.3 Å². The van der Waals surface area contributed by atoms with Gasteiger partial charge in [0, 0.05) is 5.69 Å². The highest BCUT2D eigenvalue weighted by Crippen LogP contribution is 2.13. The van der Waals surface area contributed by atoms with Crippen LogP contribution in [0, 0.1) is 12.7 Å². The average molecular weight is 301 g/mol. The number of rotatable bonds is 4. The number of hydrogen-bond acceptors (Lipinski definition) is 2. The Labute approximate surface area is 127 Å². The minimum absolute atomic E-state index is 0.0774. The predicted octanol–water partition coefficient (Wildman–Crippen LogP) is 2.89. The van der Waals surface area contributed by atoms with E-state index in [-0.39, 0.29) is 12.2 Å². The summed E-state index contributed by atoms with van der Waals surface area (Å²) in [5, 5.41) is 7.43. The Morgan fingerprint density at radius 2 is 1.59 bits per heavy atom. The zero-order valence-corrected chi connectivity index (χ0v) is 12.0. The molecule has 0 aliphatic carbocycles. The van der Waals surface area contributed by atoms with Crippen LogP contribution in [0.25, 0.3) is 0 Å². The van der Waals surface area contributed by atoms with Gasteiger partial charge in [0.25, 0.3) is 0 Å². The summed E-state index contributed by atoms with van der Waals surface area (Å²) in [6.07, 6.45) is 0. The quantitative estimate of drug-likeness (QED) is 0.812. The van der Waals surface area contributed by atoms with Gasteiger partial charge in [-0.2, -0.15) is 0 Å². The molecule has 0 bridgehead atoms. The van der Waals surface area contributed by atoms with Crippen molar-refractivity contribution < 1.29 is 14.0 Å². The molecule has 0 fully saturated rings. The second-order valence-electron chi connectivity index (χ2n) is 4.65.